The van der Waals surface area contributed by atoms with E-state index in [2.05, 4.69) is 14.8 Å². The summed E-state index contributed by atoms with van der Waals surface area (Å²) in [6, 6.07) is 4.69. The van der Waals surface area contributed by atoms with Gasteiger partial charge in [0.05, 0.1) is 10.9 Å². The second kappa shape index (κ2) is 6.94. The van der Waals surface area contributed by atoms with Crippen molar-refractivity contribution in [3.63, 3.8) is 0 Å². The minimum atomic E-state index is -3.62. The van der Waals surface area contributed by atoms with Crippen LogP contribution in [0.4, 0.5) is 0 Å². The number of halogens is 1. The number of rotatable bonds is 3. The Morgan fingerprint density at radius 1 is 1.12 bits per heavy atom. The predicted octanol–water partition coefficient (Wildman–Crippen LogP) is 3.49. The van der Waals surface area contributed by atoms with Crippen molar-refractivity contribution in [1.29, 1.82) is 0 Å². The smallest absolute Gasteiger partial charge is 0.243 e. The Labute approximate surface area is 159 Å². The second-order valence-corrected chi connectivity index (χ2v) is 9.42. The lowest BCUT2D eigenvalue weighted by molar-refractivity contribution is 0.370. The number of sulfonamides is 1. The molecule has 8 heteroatoms. The average molecular weight is 395 g/mol. The lowest BCUT2D eigenvalue weighted by Crippen LogP contribution is -2.32. The van der Waals surface area contributed by atoms with Crippen LogP contribution in [0.5, 0.6) is 0 Å². The maximum absolute atomic E-state index is 13.2. The Morgan fingerprint density at radius 2 is 1.96 bits per heavy atom. The maximum Gasteiger partial charge on any atom is 0.243 e. The molecule has 1 saturated heterocycles. The third-order valence-corrected chi connectivity index (χ3v) is 7.70. The van der Waals surface area contributed by atoms with Gasteiger partial charge in [-0.1, -0.05) is 24.1 Å². The van der Waals surface area contributed by atoms with Gasteiger partial charge in [0.15, 0.2) is 5.82 Å². The monoisotopic (exact) mass is 394 g/mol. The lowest BCUT2D eigenvalue weighted by Gasteiger charge is -2.24. The number of hydrogen-bond donors (Lipinski definition) is 0. The van der Waals surface area contributed by atoms with E-state index in [1.807, 2.05) is 6.92 Å². The van der Waals surface area contributed by atoms with E-state index in [0.717, 1.165) is 55.9 Å². The Bertz CT molecular complexity index is 925. The molecule has 2 aliphatic rings. The molecule has 6 nitrogen and oxygen atoms in total. The molecule has 1 unspecified atom stereocenters. The molecule has 1 fully saturated rings. The van der Waals surface area contributed by atoms with Crippen LogP contribution in [-0.4, -0.2) is 34.0 Å². The SMILES string of the molecule is Cc1ccc(S(=O)(=O)N2CCCC2c2nnc3n2CCCCC3)cc1Cl. The molecular formula is C18H23ClN4O2S. The zero-order valence-electron chi connectivity index (χ0n) is 14.9. The van der Waals surface area contributed by atoms with Crippen molar-refractivity contribution >= 4 is 21.6 Å². The average Bonchev–Trinajstić information content (AvgIpc) is 3.18. The molecular weight excluding hydrogens is 372 g/mol. The summed E-state index contributed by atoms with van der Waals surface area (Å²) < 4.78 is 30.2. The highest BCUT2D eigenvalue weighted by atomic mass is 35.5. The molecule has 1 atom stereocenters. The molecule has 0 radical (unpaired) electrons. The van der Waals surface area contributed by atoms with E-state index in [1.54, 1.807) is 22.5 Å². The van der Waals surface area contributed by atoms with Crippen molar-refractivity contribution in [3.8, 4) is 0 Å². The highest BCUT2D eigenvalue weighted by Gasteiger charge is 2.39. The molecule has 1 aromatic carbocycles. The first-order valence-electron chi connectivity index (χ1n) is 9.18. The van der Waals surface area contributed by atoms with Crippen LogP contribution in [0.25, 0.3) is 0 Å². The van der Waals surface area contributed by atoms with Gasteiger partial charge in [-0.25, -0.2) is 8.42 Å². The predicted molar refractivity (Wildman–Crippen MR) is 99.6 cm³/mol. The Kier molecular flexibility index (Phi) is 4.79. The van der Waals surface area contributed by atoms with Gasteiger partial charge < -0.3 is 4.57 Å². The number of hydrogen-bond acceptors (Lipinski definition) is 4. The van der Waals surface area contributed by atoms with E-state index < -0.39 is 10.0 Å². The third kappa shape index (κ3) is 3.06. The van der Waals surface area contributed by atoms with Crippen molar-refractivity contribution in [2.45, 2.75) is 62.9 Å². The van der Waals surface area contributed by atoms with Crippen LogP contribution < -0.4 is 0 Å². The van der Waals surface area contributed by atoms with Gasteiger partial charge in [0.25, 0.3) is 0 Å². The fourth-order valence-electron chi connectivity index (χ4n) is 3.91. The van der Waals surface area contributed by atoms with Crippen LogP contribution >= 0.6 is 11.6 Å². The van der Waals surface area contributed by atoms with Gasteiger partial charge in [0, 0.05) is 24.5 Å². The first-order chi connectivity index (χ1) is 12.5. The third-order valence-electron chi connectivity index (χ3n) is 5.39. The van der Waals surface area contributed by atoms with Crippen molar-refractivity contribution in [2.24, 2.45) is 0 Å². The van der Waals surface area contributed by atoms with Gasteiger partial charge in [0.2, 0.25) is 10.0 Å². The van der Waals surface area contributed by atoms with E-state index in [-0.39, 0.29) is 10.9 Å². The normalized spacial score (nSPS) is 21.5. The Balaban J connectivity index is 1.70. The van der Waals surface area contributed by atoms with E-state index in [9.17, 15) is 8.42 Å². The van der Waals surface area contributed by atoms with E-state index >= 15 is 0 Å². The van der Waals surface area contributed by atoms with Gasteiger partial charge >= 0.3 is 0 Å². The molecule has 3 heterocycles. The molecule has 0 bridgehead atoms. The molecule has 2 aliphatic heterocycles. The molecule has 1 aromatic heterocycles. The van der Waals surface area contributed by atoms with Crippen molar-refractivity contribution < 1.29 is 8.42 Å². The molecule has 0 amide bonds. The van der Waals surface area contributed by atoms with Gasteiger partial charge in [-0.05, 0) is 50.3 Å². The number of aryl methyl sites for hydroxylation is 2. The number of fused-ring (bicyclic) bond motifs is 1. The number of nitrogens with zero attached hydrogens (tertiary/aromatic N) is 4. The molecule has 0 aliphatic carbocycles. The highest BCUT2D eigenvalue weighted by molar-refractivity contribution is 7.89. The fourth-order valence-corrected chi connectivity index (χ4v) is 5.84. The Hall–Kier alpha value is -1.44. The van der Waals surface area contributed by atoms with Crippen molar-refractivity contribution in [3.05, 3.63) is 40.4 Å². The Morgan fingerprint density at radius 3 is 2.77 bits per heavy atom. The summed E-state index contributed by atoms with van der Waals surface area (Å²) >= 11 is 6.17. The van der Waals surface area contributed by atoms with Gasteiger partial charge in [-0.3, -0.25) is 0 Å². The van der Waals surface area contributed by atoms with Crippen LogP contribution in [0.3, 0.4) is 0 Å². The first-order valence-corrected chi connectivity index (χ1v) is 11.0. The summed E-state index contributed by atoms with van der Waals surface area (Å²) in [5.41, 5.74) is 0.867. The quantitative estimate of drug-likeness (QED) is 0.799. The highest BCUT2D eigenvalue weighted by Crippen LogP contribution is 2.37. The molecule has 0 spiro atoms. The summed E-state index contributed by atoms with van der Waals surface area (Å²) in [5, 5.41) is 9.21. The molecule has 4 rings (SSSR count). The van der Waals surface area contributed by atoms with E-state index in [4.69, 9.17) is 11.6 Å². The van der Waals surface area contributed by atoms with Crippen LogP contribution in [0.2, 0.25) is 5.02 Å². The zero-order valence-corrected chi connectivity index (χ0v) is 16.4. The second-order valence-electron chi connectivity index (χ2n) is 7.12. The van der Waals surface area contributed by atoms with Gasteiger partial charge in [-0.2, -0.15) is 4.31 Å². The van der Waals surface area contributed by atoms with Crippen LogP contribution in [0, 0.1) is 6.92 Å². The summed E-state index contributed by atoms with van der Waals surface area (Å²) in [5.74, 6) is 1.78. The maximum atomic E-state index is 13.2. The van der Waals surface area contributed by atoms with E-state index in [1.165, 1.54) is 6.42 Å². The molecule has 26 heavy (non-hydrogen) atoms. The zero-order chi connectivity index (χ0) is 18.3. The summed E-state index contributed by atoms with van der Waals surface area (Å²) in [7, 11) is -3.62. The number of aromatic nitrogens is 3. The van der Waals surface area contributed by atoms with Crippen molar-refractivity contribution in [2.75, 3.05) is 6.54 Å². The lowest BCUT2D eigenvalue weighted by atomic mass is 10.2. The van der Waals surface area contributed by atoms with Crippen LogP contribution in [0.1, 0.15) is 55.4 Å². The molecule has 0 N–H and O–H groups in total. The summed E-state index contributed by atoms with van der Waals surface area (Å²) in [4.78, 5) is 0.246. The van der Waals surface area contributed by atoms with Gasteiger partial charge in [-0.15, -0.1) is 10.2 Å². The summed E-state index contributed by atoms with van der Waals surface area (Å²) in [6.07, 6.45) is 5.90. The van der Waals surface area contributed by atoms with Gasteiger partial charge in [0.1, 0.15) is 5.82 Å². The minimum Gasteiger partial charge on any atom is -0.314 e. The fraction of sp³-hybridized carbons (Fsp3) is 0.556. The van der Waals surface area contributed by atoms with Crippen LogP contribution in [0.15, 0.2) is 23.1 Å². The molecule has 2 aromatic rings. The summed E-state index contributed by atoms with van der Waals surface area (Å²) in [6.45, 7) is 3.24. The van der Waals surface area contributed by atoms with E-state index in [0.29, 0.717) is 11.6 Å². The topological polar surface area (TPSA) is 68.1 Å². The molecule has 0 saturated carbocycles. The van der Waals surface area contributed by atoms with Crippen molar-refractivity contribution in [1.82, 2.24) is 19.1 Å². The standard InChI is InChI=1S/C18H23ClN4O2S/c1-13-8-9-14(12-15(13)19)26(24,25)23-11-5-6-16(23)18-21-20-17-7-3-2-4-10-22(17)18/h8-9,12,16H,2-7,10-11H2,1H3. The largest absolute Gasteiger partial charge is 0.314 e. The first kappa shape index (κ1) is 17.9. The minimum absolute atomic E-state index is 0.246. The number of benzene rings is 1. The molecule has 140 valence electrons. The van der Waals surface area contributed by atoms with Crippen LogP contribution in [-0.2, 0) is 23.0 Å².